The minimum absolute atomic E-state index is 0.777. The smallest absolute Gasteiger partial charge is 0.210 e. The second-order valence-corrected chi connectivity index (χ2v) is 9.21. The predicted molar refractivity (Wildman–Crippen MR) is 122 cm³/mol. The molecule has 0 bridgehead atoms. The van der Waals surface area contributed by atoms with E-state index < -0.39 is 7.14 Å². The Morgan fingerprint density at radius 2 is 1.25 bits per heavy atom. The standard InChI is InChI=1S/C26H29OP/c1-2-3-4-5-6-7-8-9-10-11-12-19-24-28(27,25-20-15-13-16-21-25)26-22-17-14-18-23-26/h1,7-8,13-18,20-23H,3-6,9-12H2/b8-7+. The minimum Gasteiger partial charge on any atom is -0.300 e. The molecule has 2 heteroatoms. The molecular weight excluding hydrogens is 359 g/mol. The van der Waals surface area contributed by atoms with Gasteiger partial charge in [0.1, 0.15) is 0 Å². The summed E-state index contributed by atoms with van der Waals surface area (Å²) in [5, 5.41) is 1.61. The summed E-state index contributed by atoms with van der Waals surface area (Å²) in [6.45, 7) is 0. The van der Waals surface area contributed by atoms with Crippen LogP contribution in [0.1, 0.15) is 51.4 Å². The normalized spacial score (nSPS) is 11.0. The van der Waals surface area contributed by atoms with Crippen LogP contribution in [-0.2, 0) is 4.57 Å². The maximum absolute atomic E-state index is 13.7. The molecule has 0 aliphatic rings. The summed E-state index contributed by atoms with van der Waals surface area (Å²) in [4.78, 5) is 0. The fraction of sp³-hybridized carbons (Fsp3) is 0.308. The molecular formula is C26H29OP. The SMILES string of the molecule is C#CCCCC/C=C/CCCCC#CP(=O)(c1ccccc1)c1ccccc1. The number of allylic oxidation sites excluding steroid dienone is 2. The maximum atomic E-state index is 13.7. The molecule has 0 amide bonds. The highest BCUT2D eigenvalue weighted by atomic mass is 31.2. The summed E-state index contributed by atoms with van der Waals surface area (Å²) in [5.74, 6) is 5.87. The Morgan fingerprint density at radius 1 is 0.750 bits per heavy atom. The molecule has 0 saturated heterocycles. The van der Waals surface area contributed by atoms with Gasteiger partial charge in [-0.2, -0.15) is 0 Å². The molecule has 0 fully saturated rings. The van der Waals surface area contributed by atoms with Gasteiger partial charge in [-0.1, -0.05) is 78.7 Å². The number of hydrogen-bond donors (Lipinski definition) is 0. The van der Waals surface area contributed by atoms with E-state index in [0.717, 1.165) is 55.6 Å². The molecule has 0 N–H and O–H groups in total. The third-order valence-electron chi connectivity index (χ3n) is 4.51. The van der Waals surface area contributed by atoms with Gasteiger partial charge in [-0.25, -0.2) is 0 Å². The zero-order valence-corrected chi connectivity index (χ0v) is 17.4. The van der Waals surface area contributed by atoms with Crippen LogP contribution in [0, 0.1) is 23.9 Å². The van der Waals surface area contributed by atoms with E-state index in [2.05, 4.69) is 29.7 Å². The number of terminal acetylenes is 1. The first kappa shape index (κ1) is 21.8. The first-order chi connectivity index (χ1) is 13.8. The number of rotatable bonds is 10. The van der Waals surface area contributed by atoms with Crippen LogP contribution in [0.25, 0.3) is 0 Å². The van der Waals surface area contributed by atoms with E-state index in [1.807, 2.05) is 60.7 Å². The van der Waals surface area contributed by atoms with E-state index in [0.29, 0.717) is 0 Å². The third-order valence-corrected chi connectivity index (χ3v) is 7.03. The Bertz CT molecular complexity index is 820. The Kier molecular flexibility index (Phi) is 10.0. The molecule has 0 atom stereocenters. The highest BCUT2D eigenvalue weighted by molar-refractivity contribution is 7.83. The molecule has 0 saturated carbocycles. The van der Waals surface area contributed by atoms with E-state index in [1.54, 1.807) is 0 Å². The molecule has 0 heterocycles. The Morgan fingerprint density at radius 3 is 1.75 bits per heavy atom. The number of unbranched alkanes of at least 4 members (excludes halogenated alkanes) is 6. The average Bonchev–Trinajstić information content (AvgIpc) is 2.75. The molecule has 1 nitrogen and oxygen atoms in total. The number of hydrogen-bond acceptors (Lipinski definition) is 1. The average molecular weight is 388 g/mol. The molecule has 2 rings (SSSR count). The first-order valence-electron chi connectivity index (χ1n) is 10.1. The minimum atomic E-state index is -2.89. The Hall–Kier alpha value is -2.47. The fourth-order valence-corrected chi connectivity index (χ4v) is 5.00. The van der Waals surface area contributed by atoms with Gasteiger partial charge in [0.2, 0.25) is 7.14 Å². The highest BCUT2D eigenvalue weighted by Crippen LogP contribution is 2.41. The van der Waals surface area contributed by atoms with Crippen LogP contribution in [0.4, 0.5) is 0 Å². The molecule has 0 aromatic heterocycles. The van der Waals surface area contributed by atoms with Gasteiger partial charge in [-0.3, -0.25) is 4.57 Å². The lowest BCUT2D eigenvalue weighted by Gasteiger charge is -2.12. The lowest BCUT2D eigenvalue weighted by atomic mass is 10.1. The first-order valence-corrected chi connectivity index (χ1v) is 11.8. The predicted octanol–water partition coefficient (Wildman–Crippen LogP) is 6.27. The van der Waals surface area contributed by atoms with Crippen molar-refractivity contribution in [2.24, 2.45) is 0 Å². The largest absolute Gasteiger partial charge is 0.300 e. The molecule has 144 valence electrons. The summed E-state index contributed by atoms with van der Waals surface area (Å²) < 4.78 is 13.7. The van der Waals surface area contributed by atoms with Crippen molar-refractivity contribution in [3.63, 3.8) is 0 Å². The zero-order chi connectivity index (χ0) is 19.9. The van der Waals surface area contributed by atoms with Crippen LogP contribution in [0.5, 0.6) is 0 Å². The van der Waals surface area contributed by atoms with Crippen molar-refractivity contribution in [2.75, 3.05) is 0 Å². The van der Waals surface area contributed by atoms with Crippen LogP contribution in [-0.4, -0.2) is 0 Å². The van der Waals surface area contributed by atoms with E-state index in [-0.39, 0.29) is 0 Å². The zero-order valence-electron chi connectivity index (χ0n) is 16.5. The molecule has 2 aromatic rings. The van der Waals surface area contributed by atoms with Crippen LogP contribution < -0.4 is 10.6 Å². The van der Waals surface area contributed by atoms with Crippen molar-refractivity contribution < 1.29 is 4.57 Å². The van der Waals surface area contributed by atoms with E-state index in [9.17, 15) is 4.57 Å². The van der Waals surface area contributed by atoms with Crippen LogP contribution in [0.15, 0.2) is 72.8 Å². The van der Waals surface area contributed by atoms with E-state index in [4.69, 9.17) is 6.42 Å². The lowest BCUT2D eigenvalue weighted by molar-refractivity contribution is 0.593. The van der Waals surface area contributed by atoms with E-state index in [1.165, 1.54) is 6.42 Å². The molecule has 0 aliphatic heterocycles. The van der Waals surface area contributed by atoms with Gasteiger partial charge in [0, 0.05) is 23.5 Å². The highest BCUT2D eigenvalue weighted by Gasteiger charge is 2.24. The van der Waals surface area contributed by atoms with Gasteiger partial charge in [0.25, 0.3) is 0 Å². The quantitative estimate of drug-likeness (QED) is 0.203. The van der Waals surface area contributed by atoms with Gasteiger partial charge in [-0.05, 0) is 44.2 Å². The molecule has 2 aromatic carbocycles. The van der Waals surface area contributed by atoms with Gasteiger partial charge >= 0.3 is 0 Å². The van der Waals surface area contributed by atoms with Crippen molar-refractivity contribution in [1.29, 1.82) is 0 Å². The second-order valence-electron chi connectivity index (χ2n) is 6.74. The van der Waals surface area contributed by atoms with Crippen LogP contribution >= 0.6 is 7.14 Å². The van der Waals surface area contributed by atoms with Crippen molar-refractivity contribution in [3.8, 4) is 23.9 Å². The molecule has 0 radical (unpaired) electrons. The second kappa shape index (κ2) is 12.8. The Labute approximate surface area is 170 Å². The van der Waals surface area contributed by atoms with Gasteiger partial charge in [-0.15, -0.1) is 12.3 Å². The summed E-state index contributed by atoms with van der Waals surface area (Å²) >= 11 is 0. The van der Waals surface area contributed by atoms with Crippen molar-refractivity contribution >= 4 is 17.8 Å². The molecule has 0 unspecified atom stereocenters. The summed E-state index contributed by atoms with van der Waals surface area (Å²) in [5.41, 5.74) is 3.13. The van der Waals surface area contributed by atoms with Crippen molar-refractivity contribution in [3.05, 3.63) is 72.8 Å². The van der Waals surface area contributed by atoms with Gasteiger partial charge in [0.05, 0.1) is 0 Å². The van der Waals surface area contributed by atoms with E-state index >= 15 is 0 Å². The molecule has 0 spiro atoms. The van der Waals surface area contributed by atoms with Crippen LogP contribution in [0.2, 0.25) is 0 Å². The molecule has 0 aliphatic carbocycles. The molecule has 28 heavy (non-hydrogen) atoms. The van der Waals surface area contributed by atoms with Crippen molar-refractivity contribution in [1.82, 2.24) is 0 Å². The summed E-state index contributed by atoms with van der Waals surface area (Å²) in [7, 11) is -2.89. The third kappa shape index (κ3) is 7.27. The fourth-order valence-electron chi connectivity index (χ4n) is 2.92. The monoisotopic (exact) mass is 388 g/mol. The summed E-state index contributed by atoms with van der Waals surface area (Å²) in [6.07, 6.45) is 18.0. The summed E-state index contributed by atoms with van der Waals surface area (Å²) in [6, 6.07) is 19.2. The van der Waals surface area contributed by atoms with Crippen LogP contribution in [0.3, 0.4) is 0 Å². The topological polar surface area (TPSA) is 17.1 Å². The van der Waals surface area contributed by atoms with Gasteiger partial charge < -0.3 is 0 Å². The number of benzene rings is 2. The maximum Gasteiger partial charge on any atom is 0.210 e. The van der Waals surface area contributed by atoms with Crippen molar-refractivity contribution in [2.45, 2.75) is 51.4 Å². The lowest BCUT2D eigenvalue weighted by Crippen LogP contribution is -2.14. The van der Waals surface area contributed by atoms with Gasteiger partial charge in [0.15, 0.2) is 0 Å². The Balaban J connectivity index is 1.85.